The highest BCUT2D eigenvalue weighted by atomic mass is 16.5. The van der Waals surface area contributed by atoms with Crippen LogP contribution in [0.3, 0.4) is 0 Å². The van der Waals surface area contributed by atoms with Crippen LogP contribution in [0.5, 0.6) is 0 Å². The zero-order chi connectivity index (χ0) is 15.3. The first-order valence-electron chi connectivity index (χ1n) is 5.96. The minimum Gasteiger partial charge on any atom is -0.480 e. The van der Waals surface area contributed by atoms with Crippen LogP contribution < -0.4 is 5.32 Å². The molecule has 0 aliphatic heterocycles. The number of esters is 1. The molecule has 1 aromatic rings. The van der Waals surface area contributed by atoms with Crippen LogP contribution in [0.25, 0.3) is 0 Å². The van der Waals surface area contributed by atoms with E-state index in [1.54, 1.807) is 20.0 Å². The number of methoxy groups -OCH3 is 1. The lowest BCUT2D eigenvalue weighted by molar-refractivity contribution is -0.142. The highest BCUT2D eigenvalue weighted by Gasteiger charge is 2.23. The quantitative estimate of drug-likeness (QED) is 0.703. The lowest BCUT2D eigenvalue weighted by Crippen LogP contribution is -2.41. The number of rotatable bonds is 6. The van der Waals surface area contributed by atoms with Crippen LogP contribution >= 0.6 is 0 Å². The van der Waals surface area contributed by atoms with Crippen molar-refractivity contribution in [2.45, 2.75) is 25.8 Å². The fraction of sp³-hybridized carbons (Fsp3) is 0.500. The second kappa shape index (κ2) is 6.69. The summed E-state index contributed by atoms with van der Waals surface area (Å²) in [6, 6.07) is 0.394. The number of aryl methyl sites for hydroxylation is 2. The fourth-order valence-electron chi connectivity index (χ4n) is 1.68. The Morgan fingerprint density at radius 2 is 2.15 bits per heavy atom. The first-order chi connectivity index (χ1) is 9.35. The molecule has 0 unspecified atom stereocenters. The van der Waals surface area contributed by atoms with Gasteiger partial charge in [0.05, 0.1) is 12.8 Å². The van der Waals surface area contributed by atoms with Gasteiger partial charge in [-0.1, -0.05) is 0 Å². The van der Waals surface area contributed by atoms with E-state index < -0.39 is 23.9 Å². The molecule has 1 atom stereocenters. The zero-order valence-corrected chi connectivity index (χ0v) is 11.5. The van der Waals surface area contributed by atoms with Gasteiger partial charge in [-0.2, -0.15) is 5.10 Å². The van der Waals surface area contributed by atoms with Crippen LogP contribution in [0.2, 0.25) is 0 Å². The lowest BCUT2D eigenvalue weighted by atomic mass is 10.1. The molecule has 0 aliphatic rings. The minimum atomic E-state index is -1.21. The summed E-state index contributed by atoms with van der Waals surface area (Å²) in [4.78, 5) is 34.0. The van der Waals surface area contributed by atoms with E-state index in [0.29, 0.717) is 5.69 Å². The first kappa shape index (κ1) is 15.7. The summed E-state index contributed by atoms with van der Waals surface area (Å²) in [6.07, 6.45) is -0.122. The van der Waals surface area contributed by atoms with Crippen molar-refractivity contribution in [2.75, 3.05) is 7.11 Å². The number of nitrogens with zero attached hydrogens (tertiary/aromatic N) is 2. The van der Waals surface area contributed by atoms with Gasteiger partial charge in [0.25, 0.3) is 5.91 Å². The predicted molar refractivity (Wildman–Crippen MR) is 68.1 cm³/mol. The number of carbonyl (C=O) groups is 3. The van der Waals surface area contributed by atoms with Gasteiger partial charge in [-0.3, -0.25) is 14.3 Å². The summed E-state index contributed by atoms with van der Waals surface area (Å²) in [5.41, 5.74) is 0.908. The third kappa shape index (κ3) is 4.08. The van der Waals surface area contributed by atoms with Crippen LogP contribution in [0.1, 0.15) is 29.0 Å². The Kier molecular flexibility index (Phi) is 5.24. The van der Waals surface area contributed by atoms with E-state index in [1.165, 1.54) is 11.8 Å². The molecule has 1 rings (SSSR count). The van der Waals surface area contributed by atoms with E-state index in [-0.39, 0.29) is 18.5 Å². The van der Waals surface area contributed by atoms with Gasteiger partial charge in [0.15, 0.2) is 0 Å². The molecule has 1 heterocycles. The fourth-order valence-corrected chi connectivity index (χ4v) is 1.68. The van der Waals surface area contributed by atoms with E-state index in [0.717, 1.165) is 0 Å². The minimum absolute atomic E-state index is 0.0371. The smallest absolute Gasteiger partial charge is 0.326 e. The molecule has 0 aliphatic carbocycles. The standard InChI is InChI=1S/C12H17N3O5/c1-7-6-9(15(2)14-7)11(17)13-8(12(18)19)4-5-10(16)20-3/h6,8H,4-5H2,1-3H3,(H,13,17)(H,18,19)/t8-/m1/s1. The van der Waals surface area contributed by atoms with Gasteiger partial charge < -0.3 is 15.2 Å². The topological polar surface area (TPSA) is 111 Å². The molecule has 0 fully saturated rings. The van der Waals surface area contributed by atoms with E-state index in [2.05, 4.69) is 15.2 Å². The van der Waals surface area contributed by atoms with Crippen molar-refractivity contribution in [3.63, 3.8) is 0 Å². The number of aromatic nitrogens is 2. The van der Waals surface area contributed by atoms with Crippen molar-refractivity contribution in [1.82, 2.24) is 15.1 Å². The van der Waals surface area contributed by atoms with Crippen molar-refractivity contribution in [2.24, 2.45) is 7.05 Å². The average molecular weight is 283 g/mol. The first-order valence-corrected chi connectivity index (χ1v) is 5.96. The van der Waals surface area contributed by atoms with Crippen LogP contribution in [0, 0.1) is 6.92 Å². The monoisotopic (exact) mass is 283 g/mol. The Bertz CT molecular complexity index is 523. The molecule has 20 heavy (non-hydrogen) atoms. The van der Waals surface area contributed by atoms with Crippen LogP contribution in [-0.4, -0.2) is 45.9 Å². The Morgan fingerprint density at radius 1 is 1.50 bits per heavy atom. The number of ether oxygens (including phenoxy) is 1. The van der Waals surface area contributed by atoms with Crippen molar-refractivity contribution >= 4 is 17.8 Å². The van der Waals surface area contributed by atoms with Crippen LogP contribution in [-0.2, 0) is 21.4 Å². The molecule has 0 aromatic carbocycles. The predicted octanol–water partition coefficient (Wildman–Crippen LogP) is -0.135. The van der Waals surface area contributed by atoms with E-state index >= 15 is 0 Å². The van der Waals surface area contributed by atoms with E-state index in [1.807, 2.05) is 0 Å². The van der Waals surface area contributed by atoms with Crippen molar-refractivity contribution in [3.8, 4) is 0 Å². The van der Waals surface area contributed by atoms with Gasteiger partial charge in [-0.25, -0.2) is 4.79 Å². The number of carboxylic acid groups (broad SMARTS) is 1. The molecule has 0 bridgehead atoms. The second-order valence-electron chi connectivity index (χ2n) is 4.27. The summed E-state index contributed by atoms with van der Waals surface area (Å²) in [7, 11) is 2.81. The normalized spacial score (nSPS) is 11.8. The number of aliphatic carboxylic acids is 1. The van der Waals surface area contributed by atoms with E-state index in [4.69, 9.17) is 5.11 Å². The van der Waals surface area contributed by atoms with Gasteiger partial charge in [0.1, 0.15) is 11.7 Å². The highest BCUT2D eigenvalue weighted by molar-refractivity contribution is 5.95. The van der Waals surface area contributed by atoms with Gasteiger partial charge in [-0.15, -0.1) is 0 Å². The molecule has 8 nitrogen and oxygen atoms in total. The van der Waals surface area contributed by atoms with Crippen molar-refractivity contribution in [3.05, 3.63) is 17.5 Å². The maximum Gasteiger partial charge on any atom is 0.326 e. The van der Waals surface area contributed by atoms with Crippen LogP contribution in [0.15, 0.2) is 6.07 Å². The van der Waals surface area contributed by atoms with E-state index in [9.17, 15) is 14.4 Å². The summed E-state index contributed by atoms with van der Waals surface area (Å²) >= 11 is 0. The molecule has 8 heteroatoms. The maximum absolute atomic E-state index is 12.0. The van der Waals surface area contributed by atoms with Crippen molar-refractivity contribution in [1.29, 1.82) is 0 Å². The zero-order valence-electron chi connectivity index (χ0n) is 11.5. The summed E-state index contributed by atoms with van der Waals surface area (Å²) in [5.74, 6) is -2.28. The summed E-state index contributed by atoms with van der Waals surface area (Å²) in [6.45, 7) is 1.72. The second-order valence-corrected chi connectivity index (χ2v) is 4.27. The molecular formula is C12H17N3O5. The number of nitrogens with one attached hydrogen (secondary N) is 1. The Balaban J connectivity index is 2.70. The Labute approximate surface area is 115 Å². The van der Waals surface area contributed by atoms with Gasteiger partial charge in [-0.05, 0) is 19.4 Å². The number of hydrogen-bond acceptors (Lipinski definition) is 5. The van der Waals surface area contributed by atoms with Crippen molar-refractivity contribution < 1.29 is 24.2 Å². The maximum atomic E-state index is 12.0. The van der Waals surface area contributed by atoms with Gasteiger partial charge in [0.2, 0.25) is 0 Å². The molecule has 0 saturated carbocycles. The number of amides is 1. The molecular weight excluding hydrogens is 266 g/mol. The molecule has 0 radical (unpaired) electrons. The molecule has 110 valence electrons. The lowest BCUT2D eigenvalue weighted by Gasteiger charge is -2.13. The molecule has 2 N–H and O–H groups in total. The van der Waals surface area contributed by atoms with Gasteiger partial charge >= 0.3 is 11.9 Å². The summed E-state index contributed by atoms with van der Waals surface area (Å²) < 4.78 is 5.80. The molecule has 1 aromatic heterocycles. The number of hydrogen-bond donors (Lipinski definition) is 2. The Hall–Kier alpha value is -2.38. The average Bonchev–Trinajstić information content (AvgIpc) is 2.72. The SMILES string of the molecule is COC(=O)CC[C@@H](NC(=O)c1cc(C)nn1C)C(=O)O. The third-order valence-corrected chi connectivity index (χ3v) is 2.70. The number of carbonyl (C=O) groups excluding carboxylic acids is 2. The largest absolute Gasteiger partial charge is 0.480 e. The summed E-state index contributed by atoms with van der Waals surface area (Å²) in [5, 5.41) is 15.4. The Morgan fingerprint density at radius 3 is 2.60 bits per heavy atom. The highest BCUT2D eigenvalue weighted by Crippen LogP contribution is 2.05. The third-order valence-electron chi connectivity index (χ3n) is 2.70. The molecule has 0 saturated heterocycles. The van der Waals surface area contributed by atoms with Crippen LogP contribution in [0.4, 0.5) is 0 Å². The van der Waals surface area contributed by atoms with Gasteiger partial charge in [0, 0.05) is 13.5 Å². The molecule has 0 spiro atoms. The molecule has 1 amide bonds. The number of carboxylic acids is 1.